The molecule has 2 nitrogen and oxygen atoms in total. The fraction of sp³-hybridized carbons (Fsp3) is 0.857. The lowest BCUT2D eigenvalue weighted by Crippen LogP contribution is -2.45. The first-order chi connectivity index (χ1) is 7.74. The second-order valence-corrected chi connectivity index (χ2v) is 5.65. The summed E-state index contributed by atoms with van der Waals surface area (Å²) < 4.78 is 0. The van der Waals surface area contributed by atoms with Crippen molar-refractivity contribution in [1.82, 2.24) is 10.2 Å². The Morgan fingerprint density at radius 1 is 1.38 bits per heavy atom. The van der Waals surface area contributed by atoms with Crippen LogP contribution in [0.1, 0.15) is 39.5 Å². The Morgan fingerprint density at radius 2 is 2.12 bits per heavy atom. The van der Waals surface area contributed by atoms with E-state index >= 15 is 0 Å². The highest BCUT2D eigenvalue weighted by atomic mass is 15.1. The minimum Gasteiger partial charge on any atom is -0.317 e. The molecule has 92 valence electrons. The van der Waals surface area contributed by atoms with Crippen LogP contribution >= 0.6 is 0 Å². The Hall–Kier alpha value is -0.340. The van der Waals surface area contributed by atoms with Gasteiger partial charge in [-0.1, -0.05) is 18.6 Å². The Labute approximate surface area is 100 Å². The molecule has 2 aliphatic heterocycles. The first kappa shape index (κ1) is 12.1. The number of hydrogen-bond donors (Lipinski definition) is 1. The average molecular weight is 222 g/mol. The molecule has 0 unspecified atom stereocenters. The minimum absolute atomic E-state index is 0.600. The van der Waals surface area contributed by atoms with Crippen molar-refractivity contribution in [2.45, 2.75) is 39.5 Å². The fourth-order valence-electron chi connectivity index (χ4n) is 3.18. The van der Waals surface area contributed by atoms with Crippen LogP contribution in [-0.4, -0.2) is 37.6 Å². The van der Waals surface area contributed by atoms with E-state index < -0.39 is 0 Å². The highest BCUT2D eigenvalue weighted by Crippen LogP contribution is 2.34. The van der Waals surface area contributed by atoms with Gasteiger partial charge in [-0.2, -0.15) is 0 Å². The van der Waals surface area contributed by atoms with Gasteiger partial charge in [0.1, 0.15) is 0 Å². The Bertz CT molecular complexity index is 251. The molecule has 0 atom stereocenters. The summed E-state index contributed by atoms with van der Waals surface area (Å²) in [4.78, 5) is 2.67. The van der Waals surface area contributed by atoms with Gasteiger partial charge in [0.15, 0.2) is 0 Å². The molecule has 0 aromatic rings. The van der Waals surface area contributed by atoms with Gasteiger partial charge in [-0.05, 0) is 51.1 Å². The standard InChI is InChI=1S/C14H26N2/c1-3-14(6-8-15-9-7-14)12-16-10-4-5-13(2)11-16/h5,15H,3-4,6-12H2,1-2H3. The van der Waals surface area contributed by atoms with Crippen LogP contribution in [0.4, 0.5) is 0 Å². The molecule has 0 aromatic carbocycles. The molecule has 2 aliphatic rings. The van der Waals surface area contributed by atoms with E-state index in [0.717, 1.165) is 0 Å². The van der Waals surface area contributed by atoms with Crippen molar-refractivity contribution in [3.63, 3.8) is 0 Å². The van der Waals surface area contributed by atoms with Crippen LogP contribution < -0.4 is 5.32 Å². The Kier molecular flexibility index (Phi) is 4.04. The molecular weight excluding hydrogens is 196 g/mol. The first-order valence-electron chi connectivity index (χ1n) is 6.83. The van der Waals surface area contributed by atoms with Crippen LogP contribution in [0.3, 0.4) is 0 Å². The van der Waals surface area contributed by atoms with Gasteiger partial charge in [0.05, 0.1) is 0 Å². The van der Waals surface area contributed by atoms with Crippen molar-refractivity contribution < 1.29 is 0 Å². The van der Waals surface area contributed by atoms with Gasteiger partial charge in [0, 0.05) is 19.6 Å². The number of nitrogens with zero attached hydrogens (tertiary/aromatic N) is 1. The fourth-order valence-corrected chi connectivity index (χ4v) is 3.18. The molecule has 0 saturated carbocycles. The van der Waals surface area contributed by atoms with Crippen molar-refractivity contribution >= 4 is 0 Å². The molecular formula is C14H26N2. The van der Waals surface area contributed by atoms with E-state index in [1.807, 2.05) is 0 Å². The Morgan fingerprint density at radius 3 is 2.75 bits per heavy atom. The highest BCUT2D eigenvalue weighted by Gasteiger charge is 2.32. The second kappa shape index (κ2) is 5.33. The summed E-state index contributed by atoms with van der Waals surface area (Å²) in [6.07, 6.45) is 7.72. The summed E-state index contributed by atoms with van der Waals surface area (Å²) in [6, 6.07) is 0. The molecule has 1 saturated heterocycles. The van der Waals surface area contributed by atoms with E-state index in [2.05, 4.69) is 30.1 Å². The quantitative estimate of drug-likeness (QED) is 0.738. The topological polar surface area (TPSA) is 15.3 Å². The molecule has 0 aromatic heterocycles. The molecule has 1 fully saturated rings. The smallest absolute Gasteiger partial charge is 0.0190 e. The van der Waals surface area contributed by atoms with Crippen molar-refractivity contribution in [3.05, 3.63) is 11.6 Å². The summed E-state index contributed by atoms with van der Waals surface area (Å²) in [5.41, 5.74) is 2.16. The zero-order valence-corrected chi connectivity index (χ0v) is 10.9. The average Bonchev–Trinajstić information content (AvgIpc) is 2.30. The molecule has 0 radical (unpaired) electrons. The van der Waals surface area contributed by atoms with Gasteiger partial charge < -0.3 is 5.32 Å². The molecule has 0 spiro atoms. The lowest BCUT2D eigenvalue weighted by Gasteiger charge is -2.42. The van der Waals surface area contributed by atoms with Crippen LogP contribution in [-0.2, 0) is 0 Å². The van der Waals surface area contributed by atoms with E-state index in [1.54, 1.807) is 5.57 Å². The molecule has 1 N–H and O–H groups in total. The summed E-state index contributed by atoms with van der Waals surface area (Å²) in [5, 5.41) is 3.49. The van der Waals surface area contributed by atoms with E-state index in [9.17, 15) is 0 Å². The van der Waals surface area contributed by atoms with Gasteiger partial charge in [0.25, 0.3) is 0 Å². The van der Waals surface area contributed by atoms with E-state index in [-0.39, 0.29) is 0 Å². The van der Waals surface area contributed by atoms with Crippen LogP contribution in [0.5, 0.6) is 0 Å². The Balaban J connectivity index is 1.93. The van der Waals surface area contributed by atoms with Crippen LogP contribution in [0, 0.1) is 5.41 Å². The second-order valence-electron chi connectivity index (χ2n) is 5.65. The summed E-state index contributed by atoms with van der Waals surface area (Å²) in [7, 11) is 0. The van der Waals surface area contributed by atoms with Gasteiger partial charge in [-0.3, -0.25) is 4.90 Å². The predicted octanol–water partition coefficient (Wildman–Crippen LogP) is 2.42. The van der Waals surface area contributed by atoms with Crippen LogP contribution in [0.25, 0.3) is 0 Å². The van der Waals surface area contributed by atoms with Crippen LogP contribution in [0.15, 0.2) is 11.6 Å². The van der Waals surface area contributed by atoms with Crippen molar-refractivity contribution in [3.8, 4) is 0 Å². The number of hydrogen-bond acceptors (Lipinski definition) is 2. The third kappa shape index (κ3) is 2.86. The highest BCUT2D eigenvalue weighted by molar-refractivity contribution is 5.05. The third-order valence-corrected chi connectivity index (χ3v) is 4.38. The maximum atomic E-state index is 3.49. The maximum absolute atomic E-state index is 3.49. The lowest BCUT2D eigenvalue weighted by atomic mass is 9.76. The van der Waals surface area contributed by atoms with Gasteiger partial charge >= 0.3 is 0 Å². The number of nitrogens with one attached hydrogen (secondary N) is 1. The molecule has 2 rings (SSSR count). The van der Waals surface area contributed by atoms with Crippen LogP contribution in [0.2, 0.25) is 0 Å². The first-order valence-corrected chi connectivity index (χ1v) is 6.83. The summed E-state index contributed by atoms with van der Waals surface area (Å²) in [5.74, 6) is 0. The predicted molar refractivity (Wildman–Crippen MR) is 69.6 cm³/mol. The minimum atomic E-state index is 0.600. The zero-order chi connectivity index (χ0) is 11.4. The monoisotopic (exact) mass is 222 g/mol. The maximum Gasteiger partial charge on any atom is 0.0190 e. The molecule has 2 heteroatoms. The molecule has 16 heavy (non-hydrogen) atoms. The van der Waals surface area contributed by atoms with Crippen molar-refractivity contribution in [2.24, 2.45) is 5.41 Å². The third-order valence-electron chi connectivity index (χ3n) is 4.38. The summed E-state index contributed by atoms with van der Waals surface area (Å²) >= 11 is 0. The van der Waals surface area contributed by atoms with Crippen molar-refractivity contribution in [2.75, 3.05) is 32.7 Å². The number of rotatable bonds is 3. The van der Waals surface area contributed by atoms with Crippen molar-refractivity contribution in [1.29, 1.82) is 0 Å². The molecule has 2 heterocycles. The lowest BCUT2D eigenvalue weighted by molar-refractivity contribution is 0.111. The normalized spacial score (nSPS) is 26.5. The number of piperidine rings is 1. The van der Waals surface area contributed by atoms with Gasteiger partial charge in [0.2, 0.25) is 0 Å². The van der Waals surface area contributed by atoms with E-state index in [1.165, 1.54) is 58.4 Å². The SMILES string of the molecule is CCC1(CN2CCC=C(C)C2)CCNCC1. The summed E-state index contributed by atoms with van der Waals surface area (Å²) in [6.45, 7) is 10.9. The largest absolute Gasteiger partial charge is 0.317 e. The van der Waals surface area contributed by atoms with E-state index in [0.29, 0.717) is 5.41 Å². The molecule has 0 bridgehead atoms. The zero-order valence-electron chi connectivity index (χ0n) is 10.9. The van der Waals surface area contributed by atoms with E-state index in [4.69, 9.17) is 0 Å². The van der Waals surface area contributed by atoms with Gasteiger partial charge in [-0.25, -0.2) is 0 Å². The molecule has 0 amide bonds. The van der Waals surface area contributed by atoms with Gasteiger partial charge in [-0.15, -0.1) is 0 Å². The molecule has 0 aliphatic carbocycles.